The number of nitrogens with one attached hydrogen (secondary N) is 1. The molecule has 1 aliphatic heterocycles. The minimum Gasteiger partial charge on any atom is -0.372 e. The summed E-state index contributed by atoms with van der Waals surface area (Å²) in [5.41, 5.74) is 0.687. The van der Waals surface area contributed by atoms with Crippen LogP contribution < -0.4 is 5.32 Å². The maximum Gasteiger partial charge on any atom is 0.0848 e. The molecule has 0 aromatic carbocycles. The molecule has 2 saturated carbocycles. The van der Waals surface area contributed by atoms with Gasteiger partial charge in [0.2, 0.25) is 0 Å². The van der Waals surface area contributed by atoms with Gasteiger partial charge in [0.15, 0.2) is 0 Å². The van der Waals surface area contributed by atoms with Crippen LogP contribution in [0.5, 0.6) is 0 Å². The van der Waals surface area contributed by atoms with E-state index in [-0.39, 0.29) is 5.60 Å². The third-order valence-electron chi connectivity index (χ3n) is 5.51. The molecule has 1 heterocycles. The molecule has 104 valence electrons. The summed E-state index contributed by atoms with van der Waals surface area (Å²) in [5, 5.41) is 3.81. The molecule has 0 bridgehead atoms. The van der Waals surface area contributed by atoms with E-state index in [2.05, 4.69) is 26.1 Å². The molecule has 1 saturated heterocycles. The van der Waals surface area contributed by atoms with Crippen molar-refractivity contribution in [3.63, 3.8) is 0 Å². The molecule has 2 heteroatoms. The maximum absolute atomic E-state index is 6.27. The number of hydrogen-bond donors (Lipinski definition) is 1. The molecule has 3 aliphatic rings. The van der Waals surface area contributed by atoms with Gasteiger partial charge in [-0.3, -0.25) is 0 Å². The Morgan fingerprint density at radius 3 is 2.33 bits per heavy atom. The van der Waals surface area contributed by atoms with E-state index in [1.807, 2.05) is 0 Å². The smallest absolute Gasteiger partial charge is 0.0848 e. The van der Waals surface area contributed by atoms with Gasteiger partial charge in [-0.15, -0.1) is 0 Å². The zero-order valence-corrected chi connectivity index (χ0v) is 12.3. The number of ether oxygens (including phenoxy) is 1. The maximum atomic E-state index is 6.27. The first kappa shape index (κ1) is 12.9. The lowest BCUT2D eigenvalue weighted by molar-refractivity contribution is -0.205. The monoisotopic (exact) mass is 251 g/mol. The Balaban J connectivity index is 1.69. The third-order valence-corrected chi connectivity index (χ3v) is 5.51. The van der Waals surface area contributed by atoms with E-state index in [1.165, 1.54) is 38.5 Å². The van der Waals surface area contributed by atoms with Crippen LogP contribution >= 0.6 is 0 Å². The van der Waals surface area contributed by atoms with Crippen LogP contribution in [0.2, 0.25) is 0 Å². The molecule has 1 N–H and O–H groups in total. The standard InChI is InChI=1S/C16H29NO/c1-12-4-6-13(7-5-12)14-16(18-9-8-17-14)10-15(2,3)11-16/h12-14,17H,4-11H2,1-3H3. The van der Waals surface area contributed by atoms with Crippen molar-refractivity contribution in [2.75, 3.05) is 13.2 Å². The van der Waals surface area contributed by atoms with Gasteiger partial charge in [-0.2, -0.15) is 0 Å². The van der Waals surface area contributed by atoms with Crippen molar-refractivity contribution in [3.8, 4) is 0 Å². The van der Waals surface area contributed by atoms with Crippen LogP contribution in [0.4, 0.5) is 0 Å². The molecule has 0 radical (unpaired) electrons. The molecule has 0 aromatic rings. The average Bonchev–Trinajstić information content (AvgIpc) is 2.29. The molecule has 1 unspecified atom stereocenters. The SMILES string of the molecule is CC1CCC(C2NCCOC23CC(C)(C)C3)CC1. The zero-order chi connectivity index (χ0) is 12.8. The molecule has 1 spiro atoms. The molecule has 0 aromatic heterocycles. The van der Waals surface area contributed by atoms with Gasteiger partial charge in [0.1, 0.15) is 0 Å². The second-order valence-electron chi connectivity index (χ2n) is 7.88. The second-order valence-corrected chi connectivity index (χ2v) is 7.88. The highest BCUT2D eigenvalue weighted by Gasteiger charge is 2.57. The Morgan fingerprint density at radius 2 is 1.72 bits per heavy atom. The highest BCUT2D eigenvalue weighted by Crippen LogP contribution is 2.55. The normalized spacial score (nSPS) is 42.5. The Morgan fingerprint density at radius 1 is 1.06 bits per heavy atom. The average molecular weight is 251 g/mol. The van der Waals surface area contributed by atoms with Gasteiger partial charge in [-0.1, -0.05) is 33.6 Å². The van der Waals surface area contributed by atoms with E-state index >= 15 is 0 Å². The second kappa shape index (κ2) is 4.49. The largest absolute Gasteiger partial charge is 0.372 e. The summed E-state index contributed by atoms with van der Waals surface area (Å²) in [7, 11) is 0. The Hall–Kier alpha value is -0.0800. The van der Waals surface area contributed by atoms with Gasteiger partial charge in [-0.05, 0) is 42.9 Å². The fourth-order valence-electron chi connectivity index (χ4n) is 4.85. The molecule has 18 heavy (non-hydrogen) atoms. The fourth-order valence-corrected chi connectivity index (χ4v) is 4.85. The zero-order valence-electron chi connectivity index (χ0n) is 12.3. The van der Waals surface area contributed by atoms with Crippen LogP contribution in [-0.2, 0) is 4.74 Å². The summed E-state index contributed by atoms with van der Waals surface area (Å²) in [6, 6.07) is 0.631. The van der Waals surface area contributed by atoms with Crippen molar-refractivity contribution in [2.24, 2.45) is 17.3 Å². The van der Waals surface area contributed by atoms with Gasteiger partial charge in [0.25, 0.3) is 0 Å². The van der Waals surface area contributed by atoms with Gasteiger partial charge >= 0.3 is 0 Å². The highest BCUT2D eigenvalue weighted by molar-refractivity contribution is 5.11. The summed E-state index contributed by atoms with van der Waals surface area (Å²) in [6.07, 6.45) is 8.16. The fraction of sp³-hybridized carbons (Fsp3) is 1.00. The van der Waals surface area contributed by atoms with Crippen molar-refractivity contribution < 1.29 is 4.74 Å². The van der Waals surface area contributed by atoms with Crippen LogP contribution in [0.3, 0.4) is 0 Å². The quantitative estimate of drug-likeness (QED) is 0.771. The summed E-state index contributed by atoms with van der Waals surface area (Å²) >= 11 is 0. The third kappa shape index (κ3) is 2.22. The Labute approximate surface area is 112 Å². The van der Waals surface area contributed by atoms with E-state index in [4.69, 9.17) is 4.74 Å². The molecule has 1 atom stereocenters. The van der Waals surface area contributed by atoms with E-state index in [0.717, 1.165) is 25.0 Å². The molecular weight excluding hydrogens is 222 g/mol. The van der Waals surface area contributed by atoms with E-state index in [9.17, 15) is 0 Å². The lowest BCUT2D eigenvalue weighted by atomic mass is 9.55. The minimum atomic E-state index is 0.187. The predicted molar refractivity (Wildman–Crippen MR) is 74.6 cm³/mol. The first-order valence-electron chi connectivity index (χ1n) is 7.88. The van der Waals surface area contributed by atoms with Crippen molar-refractivity contribution >= 4 is 0 Å². The van der Waals surface area contributed by atoms with Crippen LogP contribution in [0.15, 0.2) is 0 Å². The summed E-state index contributed by atoms with van der Waals surface area (Å²) in [5.74, 6) is 1.80. The lowest BCUT2D eigenvalue weighted by Crippen LogP contribution is -2.68. The van der Waals surface area contributed by atoms with Crippen molar-refractivity contribution in [1.29, 1.82) is 0 Å². The first-order chi connectivity index (χ1) is 8.51. The highest BCUT2D eigenvalue weighted by atomic mass is 16.5. The van der Waals surface area contributed by atoms with E-state index in [0.29, 0.717) is 11.5 Å². The summed E-state index contributed by atoms with van der Waals surface area (Å²) in [6.45, 7) is 9.14. The topological polar surface area (TPSA) is 21.3 Å². The van der Waals surface area contributed by atoms with Crippen molar-refractivity contribution in [1.82, 2.24) is 5.32 Å². The van der Waals surface area contributed by atoms with Crippen LogP contribution in [0.25, 0.3) is 0 Å². The Bertz CT molecular complexity index is 296. The van der Waals surface area contributed by atoms with E-state index in [1.54, 1.807) is 0 Å². The van der Waals surface area contributed by atoms with Gasteiger partial charge < -0.3 is 10.1 Å². The van der Waals surface area contributed by atoms with Crippen LogP contribution in [-0.4, -0.2) is 24.8 Å². The molecule has 2 aliphatic carbocycles. The van der Waals surface area contributed by atoms with E-state index < -0.39 is 0 Å². The van der Waals surface area contributed by atoms with Gasteiger partial charge in [0, 0.05) is 12.6 Å². The molecular formula is C16H29NO. The molecule has 3 rings (SSSR count). The Kier molecular flexibility index (Phi) is 3.22. The molecule has 2 nitrogen and oxygen atoms in total. The van der Waals surface area contributed by atoms with Crippen LogP contribution in [0, 0.1) is 17.3 Å². The van der Waals surface area contributed by atoms with Crippen LogP contribution in [0.1, 0.15) is 59.3 Å². The van der Waals surface area contributed by atoms with Crippen molar-refractivity contribution in [3.05, 3.63) is 0 Å². The number of morpholine rings is 1. The predicted octanol–water partition coefficient (Wildman–Crippen LogP) is 3.36. The first-order valence-corrected chi connectivity index (χ1v) is 7.88. The molecule has 0 amide bonds. The molecule has 3 fully saturated rings. The summed E-state index contributed by atoms with van der Waals surface area (Å²) in [4.78, 5) is 0. The van der Waals surface area contributed by atoms with Crippen molar-refractivity contribution in [2.45, 2.75) is 70.9 Å². The lowest BCUT2D eigenvalue weighted by Gasteiger charge is -2.60. The number of rotatable bonds is 1. The number of hydrogen-bond acceptors (Lipinski definition) is 2. The summed E-state index contributed by atoms with van der Waals surface area (Å²) < 4.78 is 6.27. The minimum absolute atomic E-state index is 0.187. The van der Waals surface area contributed by atoms with Gasteiger partial charge in [0.05, 0.1) is 12.2 Å². The van der Waals surface area contributed by atoms with Gasteiger partial charge in [-0.25, -0.2) is 0 Å².